The van der Waals surface area contributed by atoms with Crippen molar-refractivity contribution in [1.82, 2.24) is 4.72 Å². The summed E-state index contributed by atoms with van der Waals surface area (Å²) >= 11 is 12.4. The Balaban J connectivity index is 2.67. The Morgan fingerprint density at radius 3 is 2.69 bits per heavy atom. The zero-order valence-electron chi connectivity index (χ0n) is 8.50. The molecular formula is C8H11Cl2NO3S2. The van der Waals surface area contributed by atoms with E-state index in [1.54, 1.807) is 0 Å². The minimum absolute atomic E-state index is 0.0145. The van der Waals surface area contributed by atoms with Crippen molar-refractivity contribution >= 4 is 44.6 Å². The van der Waals surface area contributed by atoms with E-state index in [2.05, 4.69) is 4.72 Å². The molecule has 4 nitrogen and oxygen atoms in total. The Labute approximate surface area is 109 Å². The maximum Gasteiger partial charge on any atom is 0.243 e. The average molecular weight is 304 g/mol. The fourth-order valence-electron chi connectivity index (χ4n) is 0.979. The van der Waals surface area contributed by atoms with E-state index < -0.39 is 10.0 Å². The molecular weight excluding hydrogens is 293 g/mol. The van der Waals surface area contributed by atoms with E-state index in [4.69, 9.17) is 27.9 Å². The summed E-state index contributed by atoms with van der Waals surface area (Å²) in [5.41, 5.74) is 0. The molecule has 0 bridgehead atoms. The van der Waals surface area contributed by atoms with Gasteiger partial charge < -0.3 is 4.74 Å². The van der Waals surface area contributed by atoms with Crippen molar-refractivity contribution in [2.75, 3.05) is 19.8 Å². The summed E-state index contributed by atoms with van der Waals surface area (Å²) in [7, 11) is -3.59. The summed E-state index contributed by atoms with van der Waals surface area (Å²) in [5, 5.41) is 0. The number of sulfonamides is 1. The van der Waals surface area contributed by atoms with E-state index in [-0.39, 0.29) is 15.8 Å². The molecule has 0 aliphatic carbocycles. The van der Waals surface area contributed by atoms with E-state index in [0.717, 1.165) is 11.3 Å². The minimum atomic E-state index is -3.59. The van der Waals surface area contributed by atoms with Crippen LogP contribution in [0.4, 0.5) is 0 Å². The maximum atomic E-state index is 11.7. The Hall–Kier alpha value is 0.150. The summed E-state index contributed by atoms with van der Waals surface area (Å²) in [4.78, 5) is 0.0145. The summed E-state index contributed by atoms with van der Waals surface area (Å²) in [5.74, 6) is 0. The van der Waals surface area contributed by atoms with Gasteiger partial charge in [0.2, 0.25) is 10.0 Å². The number of rotatable bonds is 6. The second-order valence-corrected chi connectivity index (χ2v) is 6.80. The minimum Gasteiger partial charge on any atom is -0.380 e. The quantitative estimate of drug-likeness (QED) is 0.821. The molecule has 1 N–H and O–H groups in total. The van der Waals surface area contributed by atoms with Crippen LogP contribution >= 0.6 is 34.5 Å². The van der Waals surface area contributed by atoms with E-state index in [1.807, 2.05) is 6.92 Å². The lowest BCUT2D eigenvalue weighted by molar-refractivity contribution is 0.153. The SMILES string of the molecule is CCOCCNS(=O)(=O)c1cc(Cl)sc1Cl. The molecule has 0 unspecified atom stereocenters. The van der Waals surface area contributed by atoms with Crippen molar-refractivity contribution in [2.45, 2.75) is 11.8 Å². The first-order valence-electron chi connectivity index (χ1n) is 4.49. The molecule has 0 amide bonds. The van der Waals surface area contributed by atoms with Crippen LogP contribution < -0.4 is 4.72 Å². The first-order valence-corrected chi connectivity index (χ1v) is 7.55. The summed E-state index contributed by atoms with van der Waals surface area (Å²) in [6.07, 6.45) is 0. The zero-order chi connectivity index (χ0) is 12.2. The van der Waals surface area contributed by atoms with Crippen molar-refractivity contribution < 1.29 is 13.2 Å². The van der Waals surface area contributed by atoms with Gasteiger partial charge in [-0.1, -0.05) is 23.2 Å². The predicted molar refractivity (Wildman–Crippen MR) is 66.0 cm³/mol. The van der Waals surface area contributed by atoms with Gasteiger partial charge >= 0.3 is 0 Å². The second-order valence-electron chi connectivity index (χ2n) is 2.78. The molecule has 0 aliphatic rings. The van der Waals surface area contributed by atoms with Crippen LogP contribution in [0.5, 0.6) is 0 Å². The van der Waals surface area contributed by atoms with Crippen molar-refractivity contribution in [3.05, 3.63) is 14.7 Å². The van der Waals surface area contributed by atoms with Gasteiger partial charge in [-0.2, -0.15) is 0 Å². The molecule has 0 spiro atoms. The van der Waals surface area contributed by atoms with E-state index in [9.17, 15) is 8.42 Å². The fourth-order valence-corrected chi connectivity index (χ4v) is 4.14. The molecule has 1 aromatic heterocycles. The topological polar surface area (TPSA) is 55.4 Å². The Morgan fingerprint density at radius 1 is 1.50 bits per heavy atom. The van der Waals surface area contributed by atoms with Gasteiger partial charge in [0.1, 0.15) is 9.23 Å². The highest BCUT2D eigenvalue weighted by atomic mass is 35.5. The summed E-state index contributed by atoms with van der Waals surface area (Å²) < 4.78 is 31.3. The molecule has 0 atom stereocenters. The van der Waals surface area contributed by atoms with Crippen LogP contribution in [-0.4, -0.2) is 28.2 Å². The number of hydrogen-bond acceptors (Lipinski definition) is 4. The lowest BCUT2D eigenvalue weighted by Gasteiger charge is -2.05. The molecule has 0 aromatic carbocycles. The Bertz CT molecular complexity index is 444. The lowest BCUT2D eigenvalue weighted by atomic mass is 10.7. The first kappa shape index (κ1) is 14.2. The zero-order valence-corrected chi connectivity index (χ0v) is 11.6. The van der Waals surface area contributed by atoms with E-state index >= 15 is 0 Å². The van der Waals surface area contributed by atoms with Gasteiger partial charge in [0.05, 0.1) is 10.9 Å². The van der Waals surface area contributed by atoms with Crippen LogP contribution in [0.2, 0.25) is 8.67 Å². The molecule has 1 rings (SSSR count). The molecule has 8 heteroatoms. The predicted octanol–water partition coefficient (Wildman–Crippen LogP) is 2.37. The van der Waals surface area contributed by atoms with Gasteiger partial charge in [0.25, 0.3) is 0 Å². The van der Waals surface area contributed by atoms with Crippen molar-refractivity contribution in [3.63, 3.8) is 0 Å². The van der Waals surface area contributed by atoms with Gasteiger partial charge in [0, 0.05) is 13.2 Å². The third-order valence-corrected chi connectivity index (χ3v) is 4.87. The van der Waals surface area contributed by atoms with Gasteiger partial charge in [0.15, 0.2) is 0 Å². The van der Waals surface area contributed by atoms with E-state index in [0.29, 0.717) is 17.6 Å². The molecule has 0 fully saturated rings. The number of thiophene rings is 1. The fraction of sp³-hybridized carbons (Fsp3) is 0.500. The highest BCUT2D eigenvalue weighted by Crippen LogP contribution is 2.33. The molecule has 92 valence electrons. The summed E-state index contributed by atoms with van der Waals surface area (Å²) in [6, 6.07) is 1.33. The van der Waals surface area contributed by atoms with Gasteiger partial charge in [-0.3, -0.25) is 0 Å². The standard InChI is InChI=1S/C8H11Cl2NO3S2/c1-2-14-4-3-11-16(12,13)6-5-7(9)15-8(6)10/h5,11H,2-4H2,1H3. The summed E-state index contributed by atoms with van der Waals surface area (Å²) in [6.45, 7) is 2.92. The molecule has 1 aromatic rings. The molecule has 0 saturated heterocycles. The normalized spacial score (nSPS) is 11.9. The van der Waals surface area contributed by atoms with Crippen molar-refractivity contribution in [1.29, 1.82) is 0 Å². The van der Waals surface area contributed by atoms with Crippen molar-refractivity contribution in [3.8, 4) is 0 Å². The Morgan fingerprint density at radius 2 is 2.19 bits per heavy atom. The molecule has 16 heavy (non-hydrogen) atoms. The average Bonchev–Trinajstić information content (AvgIpc) is 2.53. The highest BCUT2D eigenvalue weighted by Gasteiger charge is 2.20. The lowest BCUT2D eigenvalue weighted by Crippen LogP contribution is -2.27. The molecule has 1 heterocycles. The van der Waals surface area contributed by atoms with Gasteiger partial charge in [-0.25, -0.2) is 13.1 Å². The molecule has 0 radical (unpaired) electrons. The van der Waals surface area contributed by atoms with Crippen LogP contribution in [0.1, 0.15) is 6.92 Å². The number of halogens is 2. The monoisotopic (exact) mass is 303 g/mol. The van der Waals surface area contributed by atoms with Crippen LogP contribution in [0.15, 0.2) is 11.0 Å². The van der Waals surface area contributed by atoms with Crippen molar-refractivity contribution in [2.24, 2.45) is 0 Å². The molecule has 0 aliphatic heterocycles. The number of nitrogens with one attached hydrogen (secondary N) is 1. The van der Waals surface area contributed by atoms with Crippen LogP contribution in [0.3, 0.4) is 0 Å². The second kappa shape index (κ2) is 6.18. The largest absolute Gasteiger partial charge is 0.380 e. The van der Waals surface area contributed by atoms with E-state index in [1.165, 1.54) is 6.07 Å². The smallest absolute Gasteiger partial charge is 0.243 e. The van der Waals surface area contributed by atoms with Crippen LogP contribution in [0, 0.1) is 0 Å². The van der Waals surface area contributed by atoms with Gasteiger partial charge in [-0.05, 0) is 13.0 Å². The van der Waals surface area contributed by atoms with Gasteiger partial charge in [-0.15, -0.1) is 11.3 Å². The van der Waals surface area contributed by atoms with Crippen LogP contribution in [-0.2, 0) is 14.8 Å². The number of hydrogen-bond donors (Lipinski definition) is 1. The third kappa shape index (κ3) is 3.87. The van der Waals surface area contributed by atoms with Crippen LogP contribution in [0.25, 0.3) is 0 Å². The molecule has 0 saturated carbocycles. The maximum absolute atomic E-state index is 11.7. The Kier molecular flexibility index (Phi) is 5.49. The number of ether oxygens (including phenoxy) is 1. The third-order valence-electron chi connectivity index (χ3n) is 1.66. The highest BCUT2D eigenvalue weighted by molar-refractivity contribution is 7.89. The first-order chi connectivity index (χ1) is 7.47.